The van der Waals surface area contributed by atoms with Crippen molar-refractivity contribution in [3.63, 3.8) is 0 Å². The largest absolute Gasteiger partial charge is 0.218 e. The molecular weight excluding hydrogens is 239 g/mol. The van der Waals surface area contributed by atoms with Crippen molar-refractivity contribution < 1.29 is 12.8 Å². The van der Waals surface area contributed by atoms with Gasteiger partial charge in [0, 0.05) is 0 Å². The molecule has 0 saturated carbocycles. The van der Waals surface area contributed by atoms with Gasteiger partial charge in [-0.2, -0.15) is 0 Å². The molecule has 0 atom stereocenters. The summed E-state index contributed by atoms with van der Waals surface area (Å²) in [6, 6.07) is 4.70. The SMILES string of the molecule is CC1=C=C=C(S(=O)(=O)c2ccc(F)cc2)C=C1. The molecule has 0 amide bonds. The molecule has 2 nitrogen and oxygen atoms in total. The molecule has 1 aromatic carbocycles. The Hall–Kier alpha value is -1.86. The van der Waals surface area contributed by atoms with Gasteiger partial charge in [-0.05, 0) is 54.6 Å². The Morgan fingerprint density at radius 2 is 1.71 bits per heavy atom. The highest BCUT2D eigenvalue weighted by molar-refractivity contribution is 7.95. The lowest BCUT2D eigenvalue weighted by molar-refractivity contribution is 0.601. The molecule has 0 N–H and O–H groups in total. The Labute approximate surface area is 99.0 Å². The van der Waals surface area contributed by atoms with Gasteiger partial charge < -0.3 is 0 Å². The third kappa shape index (κ3) is 2.29. The fraction of sp³-hybridized carbons (Fsp3) is 0.0769. The van der Waals surface area contributed by atoms with Crippen LogP contribution in [-0.2, 0) is 9.84 Å². The Kier molecular flexibility index (Phi) is 2.86. The molecule has 4 heteroatoms. The van der Waals surface area contributed by atoms with Crippen molar-refractivity contribution in [2.24, 2.45) is 0 Å². The third-order valence-corrected chi connectivity index (χ3v) is 3.99. The number of hydrogen-bond acceptors (Lipinski definition) is 2. The van der Waals surface area contributed by atoms with E-state index in [4.69, 9.17) is 0 Å². The summed E-state index contributed by atoms with van der Waals surface area (Å²) in [6.07, 6.45) is 3.11. The first-order valence-corrected chi connectivity index (χ1v) is 6.40. The zero-order chi connectivity index (χ0) is 12.5. The highest BCUT2D eigenvalue weighted by atomic mass is 32.2. The molecule has 17 heavy (non-hydrogen) atoms. The molecule has 0 aliphatic heterocycles. The summed E-state index contributed by atoms with van der Waals surface area (Å²) in [7, 11) is -3.63. The minimum atomic E-state index is -3.63. The van der Waals surface area contributed by atoms with Crippen LogP contribution in [0.1, 0.15) is 6.92 Å². The monoisotopic (exact) mass is 248 g/mol. The highest BCUT2D eigenvalue weighted by Crippen LogP contribution is 2.21. The lowest BCUT2D eigenvalue weighted by atomic mass is 10.2. The number of allylic oxidation sites excluding steroid dienone is 3. The first-order chi connectivity index (χ1) is 8.00. The van der Waals surface area contributed by atoms with Crippen molar-refractivity contribution >= 4 is 9.84 Å². The van der Waals surface area contributed by atoms with Crippen LogP contribution in [0, 0.1) is 5.82 Å². The standard InChI is InChI=1S/C13H9FO2S/c1-10-2-6-12(7-3-10)17(15,16)13-8-4-11(14)5-9-13/h2,4-6,8-9H,1H3. The Balaban J connectivity index is 2.57. The second-order valence-corrected chi connectivity index (χ2v) is 5.51. The van der Waals surface area contributed by atoms with E-state index in [1.165, 1.54) is 18.2 Å². The first kappa shape index (κ1) is 11.6. The molecule has 0 heterocycles. The van der Waals surface area contributed by atoms with Gasteiger partial charge in [-0.25, -0.2) is 12.8 Å². The van der Waals surface area contributed by atoms with Crippen LogP contribution in [0.5, 0.6) is 0 Å². The maximum Gasteiger partial charge on any atom is 0.214 e. The number of hydrogen-bond donors (Lipinski definition) is 0. The molecule has 86 valence electrons. The van der Waals surface area contributed by atoms with E-state index in [2.05, 4.69) is 11.5 Å². The second-order valence-electron chi connectivity index (χ2n) is 3.59. The summed E-state index contributed by atoms with van der Waals surface area (Å²) in [5.41, 5.74) is 6.10. The molecule has 0 spiro atoms. The maximum atomic E-state index is 12.7. The lowest BCUT2D eigenvalue weighted by Gasteiger charge is -2.04. The highest BCUT2D eigenvalue weighted by Gasteiger charge is 2.19. The van der Waals surface area contributed by atoms with Gasteiger partial charge in [0.05, 0.1) is 4.90 Å². The van der Waals surface area contributed by atoms with E-state index in [0.717, 1.165) is 17.7 Å². The van der Waals surface area contributed by atoms with Crippen molar-refractivity contribution in [1.82, 2.24) is 0 Å². The van der Waals surface area contributed by atoms with Gasteiger partial charge in [0.2, 0.25) is 9.84 Å². The van der Waals surface area contributed by atoms with Gasteiger partial charge in [0.1, 0.15) is 10.7 Å². The number of sulfone groups is 1. The molecule has 0 radical (unpaired) electrons. The number of halogens is 1. The molecular formula is C13H9FO2S. The normalized spacial score (nSPS) is 14.5. The minimum absolute atomic E-state index is 0.0368. The fourth-order valence-electron chi connectivity index (χ4n) is 1.34. The molecule has 1 aliphatic carbocycles. The van der Waals surface area contributed by atoms with Gasteiger partial charge in [-0.1, -0.05) is 5.73 Å². The lowest BCUT2D eigenvalue weighted by Crippen LogP contribution is -2.03. The minimum Gasteiger partial charge on any atom is -0.218 e. The summed E-state index contributed by atoms with van der Waals surface area (Å²) < 4.78 is 36.9. The summed E-state index contributed by atoms with van der Waals surface area (Å²) in [5, 5.41) is 0. The maximum absolute atomic E-state index is 12.7. The van der Waals surface area contributed by atoms with Gasteiger partial charge in [-0.15, -0.1) is 0 Å². The molecule has 0 aromatic heterocycles. The molecule has 1 aliphatic rings. The van der Waals surface area contributed by atoms with Crippen LogP contribution < -0.4 is 0 Å². The smallest absolute Gasteiger partial charge is 0.214 e. The predicted octanol–water partition coefficient (Wildman–Crippen LogP) is 2.75. The molecule has 0 bridgehead atoms. The zero-order valence-corrected chi connectivity index (χ0v) is 9.88. The zero-order valence-electron chi connectivity index (χ0n) is 9.07. The summed E-state index contributed by atoms with van der Waals surface area (Å²) in [5.74, 6) is -0.469. The molecule has 2 rings (SSSR count). The van der Waals surface area contributed by atoms with Crippen LogP contribution in [0.4, 0.5) is 4.39 Å². The fourth-order valence-corrected chi connectivity index (χ4v) is 2.52. The molecule has 0 saturated heterocycles. The van der Waals surface area contributed by atoms with E-state index in [-0.39, 0.29) is 9.80 Å². The van der Waals surface area contributed by atoms with Crippen molar-refractivity contribution in [2.75, 3.05) is 0 Å². The van der Waals surface area contributed by atoms with Crippen molar-refractivity contribution in [1.29, 1.82) is 0 Å². The van der Waals surface area contributed by atoms with Crippen LogP contribution >= 0.6 is 0 Å². The van der Waals surface area contributed by atoms with Crippen LogP contribution in [0.2, 0.25) is 0 Å². The quantitative estimate of drug-likeness (QED) is 0.595. The Morgan fingerprint density at radius 3 is 2.24 bits per heavy atom. The average Bonchev–Trinajstić information content (AvgIpc) is 2.30. The van der Waals surface area contributed by atoms with Gasteiger partial charge >= 0.3 is 0 Å². The Morgan fingerprint density at radius 1 is 1.06 bits per heavy atom. The molecule has 0 fully saturated rings. The van der Waals surface area contributed by atoms with Crippen LogP contribution in [0.25, 0.3) is 0 Å². The predicted molar refractivity (Wildman–Crippen MR) is 62.5 cm³/mol. The third-order valence-electron chi connectivity index (χ3n) is 2.28. The van der Waals surface area contributed by atoms with Gasteiger partial charge in [-0.3, -0.25) is 0 Å². The first-order valence-electron chi connectivity index (χ1n) is 4.91. The summed E-state index contributed by atoms with van der Waals surface area (Å²) >= 11 is 0. The Bertz CT molecular complexity index is 681. The summed E-state index contributed by atoms with van der Waals surface area (Å²) in [4.78, 5) is 0.0853. The number of benzene rings is 1. The van der Waals surface area contributed by atoms with Crippen molar-refractivity contribution in [3.8, 4) is 0 Å². The van der Waals surface area contributed by atoms with Gasteiger partial charge in [0.25, 0.3) is 0 Å². The van der Waals surface area contributed by atoms with E-state index in [0.29, 0.717) is 0 Å². The van der Waals surface area contributed by atoms with E-state index < -0.39 is 15.7 Å². The van der Waals surface area contributed by atoms with Crippen LogP contribution in [-0.4, -0.2) is 8.42 Å². The van der Waals surface area contributed by atoms with Gasteiger partial charge in [0.15, 0.2) is 0 Å². The molecule has 0 unspecified atom stereocenters. The number of rotatable bonds is 2. The van der Waals surface area contributed by atoms with Crippen LogP contribution in [0.15, 0.2) is 63.3 Å². The topological polar surface area (TPSA) is 34.1 Å². The van der Waals surface area contributed by atoms with E-state index in [1.807, 2.05) is 0 Å². The molecule has 1 aromatic rings. The average molecular weight is 248 g/mol. The van der Waals surface area contributed by atoms with E-state index >= 15 is 0 Å². The van der Waals surface area contributed by atoms with Crippen LogP contribution in [0.3, 0.4) is 0 Å². The van der Waals surface area contributed by atoms with E-state index in [9.17, 15) is 12.8 Å². The van der Waals surface area contributed by atoms with E-state index in [1.54, 1.807) is 13.0 Å². The van der Waals surface area contributed by atoms with Crippen molar-refractivity contribution in [2.45, 2.75) is 11.8 Å². The second kappa shape index (κ2) is 4.19. The summed E-state index contributed by atoms with van der Waals surface area (Å²) in [6.45, 7) is 1.80. The van der Waals surface area contributed by atoms with Crippen molar-refractivity contribution in [3.05, 3.63) is 64.2 Å².